The maximum Gasteiger partial charge on any atom is 0.255 e. The summed E-state index contributed by atoms with van der Waals surface area (Å²) in [4.78, 5) is 12.0. The largest absolute Gasteiger partial charge is 0.493 e. The van der Waals surface area contributed by atoms with E-state index in [1.807, 2.05) is 20.8 Å². The van der Waals surface area contributed by atoms with E-state index in [2.05, 4.69) is 5.32 Å². The van der Waals surface area contributed by atoms with Gasteiger partial charge in [-0.3, -0.25) is 4.79 Å². The zero-order chi connectivity index (χ0) is 12.8. The molecule has 4 heteroatoms. The molecule has 0 unspecified atom stereocenters. The van der Waals surface area contributed by atoms with Crippen molar-refractivity contribution in [2.45, 2.75) is 33.2 Å². The molecule has 94 valence electrons. The fraction of sp³-hybridized carbons (Fsp3) is 0.462. The first-order chi connectivity index (χ1) is 8.08. The molecule has 0 spiro atoms. The van der Waals surface area contributed by atoms with Gasteiger partial charge in [-0.2, -0.15) is 0 Å². The van der Waals surface area contributed by atoms with Crippen LogP contribution >= 0.6 is 0 Å². The first-order valence-electron chi connectivity index (χ1n) is 5.91. The standard InChI is InChI=1S/C13H20N2O2/c1-4-9(3)15-13(16)11-8-10(14)6-7-12(11)17-5-2/h6-9H,4-5,14H2,1-3H3,(H,15,16)/t9-/m1/s1. The second-order valence-electron chi connectivity index (χ2n) is 3.97. The van der Waals surface area contributed by atoms with Crippen LogP contribution < -0.4 is 15.8 Å². The summed E-state index contributed by atoms with van der Waals surface area (Å²) in [7, 11) is 0. The number of carbonyl (C=O) groups excluding carboxylic acids is 1. The first kappa shape index (κ1) is 13.4. The Kier molecular flexibility index (Phi) is 4.82. The summed E-state index contributed by atoms with van der Waals surface area (Å²) in [6.45, 7) is 6.39. The lowest BCUT2D eigenvalue weighted by molar-refractivity contribution is 0.0935. The Balaban J connectivity index is 2.93. The van der Waals surface area contributed by atoms with E-state index in [1.165, 1.54) is 0 Å². The molecule has 1 amide bonds. The number of hydrogen-bond acceptors (Lipinski definition) is 3. The summed E-state index contributed by atoms with van der Waals surface area (Å²) in [5.74, 6) is 0.428. The molecule has 0 saturated carbocycles. The zero-order valence-electron chi connectivity index (χ0n) is 10.6. The van der Waals surface area contributed by atoms with E-state index >= 15 is 0 Å². The molecule has 0 aliphatic heterocycles. The van der Waals surface area contributed by atoms with Crippen LogP contribution in [0.1, 0.15) is 37.6 Å². The van der Waals surface area contributed by atoms with Gasteiger partial charge in [-0.15, -0.1) is 0 Å². The Morgan fingerprint density at radius 2 is 2.18 bits per heavy atom. The molecule has 0 heterocycles. The lowest BCUT2D eigenvalue weighted by Gasteiger charge is -2.14. The van der Waals surface area contributed by atoms with Crippen LogP contribution in [0.3, 0.4) is 0 Å². The lowest BCUT2D eigenvalue weighted by Crippen LogP contribution is -2.32. The number of nitrogens with two attached hydrogens (primary N) is 1. The molecule has 4 nitrogen and oxygen atoms in total. The first-order valence-corrected chi connectivity index (χ1v) is 5.91. The minimum atomic E-state index is -0.143. The number of hydrogen-bond donors (Lipinski definition) is 2. The molecular formula is C13H20N2O2. The summed E-state index contributed by atoms with van der Waals surface area (Å²) in [5.41, 5.74) is 6.74. The van der Waals surface area contributed by atoms with Crippen molar-refractivity contribution in [2.24, 2.45) is 0 Å². The molecule has 1 aromatic carbocycles. The Bertz CT molecular complexity index is 391. The monoisotopic (exact) mass is 236 g/mol. The van der Waals surface area contributed by atoms with E-state index in [9.17, 15) is 4.79 Å². The molecular weight excluding hydrogens is 216 g/mol. The van der Waals surface area contributed by atoms with Crippen LogP contribution in [-0.2, 0) is 0 Å². The third-order valence-electron chi connectivity index (χ3n) is 2.54. The lowest BCUT2D eigenvalue weighted by atomic mass is 10.1. The van der Waals surface area contributed by atoms with Crippen LogP contribution in [0, 0.1) is 0 Å². The fourth-order valence-corrected chi connectivity index (χ4v) is 1.41. The van der Waals surface area contributed by atoms with Crippen molar-refractivity contribution in [3.05, 3.63) is 23.8 Å². The van der Waals surface area contributed by atoms with Gasteiger partial charge in [0.25, 0.3) is 5.91 Å². The number of rotatable bonds is 5. The maximum atomic E-state index is 12.0. The second kappa shape index (κ2) is 6.13. The zero-order valence-corrected chi connectivity index (χ0v) is 10.6. The van der Waals surface area contributed by atoms with Crippen LogP contribution in [0.5, 0.6) is 5.75 Å². The van der Waals surface area contributed by atoms with E-state index in [4.69, 9.17) is 10.5 Å². The summed E-state index contributed by atoms with van der Waals surface area (Å²) < 4.78 is 5.41. The van der Waals surface area contributed by atoms with Crippen LogP contribution in [0.15, 0.2) is 18.2 Å². The number of ether oxygens (including phenoxy) is 1. The Morgan fingerprint density at radius 3 is 2.76 bits per heavy atom. The Labute approximate surface area is 102 Å². The van der Waals surface area contributed by atoms with Gasteiger partial charge in [0.1, 0.15) is 5.75 Å². The van der Waals surface area contributed by atoms with Gasteiger partial charge in [0.2, 0.25) is 0 Å². The maximum absolute atomic E-state index is 12.0. The minimum absolute atomic E-state index is 0.137. The molecule has 0 saturated heterocycles. The highest BCUT2D eigenvalue weighted by Crippen LogP contribution is 2.21. The number of amides is 1. The number of anilines is 1. The van der Waals surface area contributed by atoms with E-state index in [0.29, 0.717) is 23.6 Å². The van der Waals surface area contributed by atoms with Gasteiger partial charge in [0.15, 0.2) is 0 Å². The van der Waals surface area contributed by atoms with Crippen molar-refractivity contribution in [3.63, 3.8) is 0 Å². The molecule has 17 heavy (non-hydrogen) atoms. The molecule has 1 rings (SSSR count). The summed E-state index contributed by atoms with van der Waals surface area (Å²) in [6.07, 6.45) is 0.887. The molecule has 0 fully saturated rings. The van der Waals surface area contributed by atoms with Crippen molar-refractivity contribution in [1.82, 2.24) is 5.32 Å². The van der Waals surface area contributed by atoms with Crippen LogP contribution in [-0.4, -0.2) is 18.6 Å². The molecule has 0 aliphatic rings. The average molecular weight is 236 g/mol. The SMILES string of the molecule is CCOc1ccc(N)cc1C(=O)N[C@H](C)CC. The molecule has 0 bridgehead atoms. The molecule has 0 aliphatic carbocycles. The number of benzene rings is 1. The third kappa shape index (κ3) is 3.66. The molecule has 1 atom stereocenters. The van der Waals surface area contributed by atoms with E-state index in [-0.39, 0.29) is 11.9 Å². The van der Waals surface area contributed by atoms with Gasteiger partial charge in [-0.25, -0.2) is 0 Å². The van der Waals surface area contributed by atoms with Crippen molar-refractivity contribution >= 4 is 11.6 Å². The fourth-order valence-electron chi connectivity index (χ4n) is 1.41. The molecule has 0 radical (unpaired) electrons. The minimum Gasteiger partial charge on any atom is -0.493 e. The molecule has 3 N–H and O–H groups in total. The average Bonchev–Trinajstić information content (AvgIpc) is 2.31. The highest BCUT2D eigenvalue weighted by atomic mass is 16.5. The van der Waals surface area contributed by atoms with Crippen LogP contribution in [0.2, 0.25) is 0 Å². The number of carbonyl (C=O) groups is 1. The molecule has 0 aromatic heterocycles. The summed E-state index contributed by atoms with van der Waals surface area (Å²) >= 11 is 0. The Hall–Kier alpha value is -1.71. The summed E-state index contributed by atoms with van der Waals surface area (Å²) in [6, 6.07) is 5.23. The third-order valence-corrected chi connectivity index (χ3v) is 2.54. The van der Waals surface area contributed by atoms with Gasteiger partial charge in [-0.05, 0) is 38.5 Å². The van der Waals surface area contributed by atoms with Gasteiger partial charge in [-0.1, -0.05) is 6.92 Å². The Morgan fingerprint density at radius 1 is 1.47 bits per heavy atom. The predicted octanol–water partition coefficient (Wildman–Crippen LogP) is 2.20. The number of nitrogens with one attached hydrogen (secondary N) is 1. The second-order valence-corrected chi connectivity index (χ2v) is 3.97. The van der Waals surface area contributed by atoms with Crippen LogP contribution in [0.25, 0.3) is 0 Å². The van der Waals surface area contributed by atoms with Gasteiger partial charge < -0.3 is 15.8 Å². The smallest absolute Gasteiger partial charge is 0.255 e. The van der Waals surface area contributed by atoms with Crippen LogP contribution in [0.4, 0.5) is 5.69 Å². The van der Waals surface area contributed by atoms with Gasteiger partial charge in [0, 0.05) is 11.7 Å². The highest BCUT2D eigenvalue weighted by molar-refractivity contribution is 5.98. The topological polar surface area (TPSA) is 64.3 Å². The van der Waals surface area contributed by atoms with E-state index in [0.717, 1.165) is 6.42 Å². The molecule has 1 aromatic rings. The van der Waals surface area contributed by atoms with Crippen molar-refractivity contribution < 1.29 is 9.53 Å². The van der Waals surface area contributed by atoms with Gasteiger partial charge >= 0.3 is 0 Å². The predicted molar refractivity (Wildman–Crippen MR) is 69.2 cm³/mol. The quantitative estimate of drug-likeness (QED) is 0.770. The van der Waals surface area contributed by atoms with Crippen molar-refractivity contribution in [2.75, 3.05) is 12.3 Å². The van der Waals surface area contributed by atoms with Crippen molar-refractivity contribution in [3.8, 4) is 5.75 Å². The van der Waals surface area contributed by atoms with E-state index < -0.39 is 0 Å². The number of nitrogen functional groups attached to an aromatic ring is 1. The normalized spacial score (nSPS) is 11.9. The van der Waals surface area contributed by atoms with E-state index in [1.54, 1.807) is 18.2 Å². The van der Waals surface area contributed by atoms with Gasteiger partial charge in [0.05, 0.1) is 12.2 Å². The highest BCUT2D eigenvalue weighted by Gasteiger charge is 2.14. The van der Waals surface area contributed by atoms with Crippen molar-refractivity contribution in [1.29, 1.82) is 0 Å². The summed E-state index contributed by atoms with van der Waals surface area (Å²) in [5, 5.41) is 2.90.